The van der Waals surface area contributed by atoms with Crippen molar-refractivity contribution in [3.63, 3.8) is 0 Å². The number of methoxy groups -OCH3 is 1. The number of carbonyl (C=O) groups excluding carboxylic acids is 2. The van der Waals surface area contributed by atoms with E-state index >= 15 is 0 Å². The van der Waals surface area contributed by atoms with Crippen molar-refractivity contribution in [3.05, 3.63) is 87.4 Å². The van der Waals surface area contributed by atoms with Crippen molar-refractivity contribution >= 4 is 45.0 Å². The largest absolute Gasteiger partial charge is 0.497 e. The molecule has 0 saturated carbocycles. The van der Waals surface area contributed by atoms with Crippen LogP contribution in [0.5, 0.6) is 11.5 Å². The molecule has 3 rings (SSSR count). The van der Waals surface area contributed by atoms with Gasteiger partial charge in [0, 0.05) is 11.0 Å². The third-order valence-electron chi connectivity index (χ3n) is 4.56. The fourth-order valence-corrected chi connectivity index (χ4v) is 3.65. The zero-order valence-electron chi connectivity index (χ0n) is 17.4. The van der Waals surface area contributed by atoms with E-state index in [2.05, 4.69) is 26.6 Å². The summed E-state index contributed by atoms with van der Waals surface area (Å²) in [6.45, 7) is 0.216. The SMILES string of the molecule is COc1ccc(CCNC(=O)c2ccccc2NC(=O)COc2ccc(Br)cc2Cl)cc1. The molecule has 6 nitrogen and oxygen atoms in total. The first kappa shape index (κ1) is 23.6. The average molecular weight is 518 g/mol. The molecule has 32 heavy (non-hydrogen) atoms. The van der Waals surface area contributed by atoms with Crippen LogP contribution in [-0.2, 0) is 11.2 Å². The summed E-state index contributed by atoms with van der Waals surface area (Å²) < 4.78 is 11.4. The van der Waals surface area contributed by atoms with Gasteiger partial charge in [0.25, 0.3) is 11.8 Å². The van der Waals surface area contributed by atoms with Crippen LogP contribution in [0.1, 0.15) is 15.9 Å². The van der Waals surface area contributed by atoms with Crippen LogP contribution >= 0.6 is 27.5 Å². The van der Waals surface area contributed by atoms with Crippen LogP contribution < -0.4 is 20.1 Å². The van der Waals surface area contributed by atoms with Gasteiger partial charge in [-0.2, -0.15) is 0 Å². The fraction of sp³-hybridized carbons (Fsp3) is 0.167. The lowest BCUT2D eigenvalue weighted by Crippen LogP contribution is -2.28. The number of para-hydroxylation sites is 1. The molecular formula is C24H22BrClN2O4. The average Bonchev–Trinajstić information content (AvgIpc) is 2.79. The molecule has 0 unspecified atom stereocenters. The molecule has 8 heteroatoms. The third kappa shape index (κ3) is 6.73. The molecule has 3 aromatic carbocycles. The van der Waals surface area contributed by atoms with Gasteiger partial charge in [0.15, 0.2) is 6.61 Å². The van der Waals surface area contributed by atoms with Crippen molar-refractivity contribution in [2.24, 2.45) is 0 Å². The molecule has 0 aliphatic carbocycles. The van der Waals surface area contributed by atoms with Crippen molar-refractivity contribution in [2.75, 3.05) is 25.6 Å². The first-order valence-corrected chi connectivity index (χ1v) is 11.0. The van der Waals surface area contributed by atoms with E-state index in [4.69, 9.17) is 21.1 Å². The lowest BCUT2D eigenvalue weighted by Gasteiger charge is -2.12. The maximum atomic E-state index is 12.7. The van der Waals surface area contributed by atoms with Gasteiger partial charge in [0.2, 0.25) is 0 Å². The minimum atomic E-state index is -0.400. The van der Waals surface area contributed by atoms with E-state index in [1.54, 1.807) is 49.6 Å². The Morgan fingerprint density at radius 2 is 1.78 bits per heavy atom. The summed E-state index contributed by atoms with van der Waals surface area (Å²) in [5, 5.41) is 6.00. The summed E-state index contributed by atoms with van der Waals surface area (Å²) in [7, 11) is 1.62. The molecule has 0 aliphatic rings. The minimum absolute atomic E-state index is 0.241. The van der Waals surface area contributed by atoms with Gasteiger partial charge in [-0.3, -0.25) is 9.59 Å². The van der Waals surface area contributed by atoms with E-state index in [-0.39, 0.29) is 12.5 Å². The lowest BCUT2D eigenvalue weighted by atomic mass is 10.1. The van der Waals surface area contributed by atoms with Crippen LogP contribution in [0.4, 0.5) is 5.69 Å². The highest BCUT2D eigenvalue weighted by atomic mass is 79.9. The zero-order chi connectivity index (χ0) is 22.9. The molecule has 166 valence electrons. The van der Waals surface area contributed by atoms with Crippen molar-refractivity contribution in [1.29, 1.82) is 0 Å². The Labute approximate surface area is 200 Å². The van der Waals surface area contributed by atoms with Gasteiger partial charge in [-0.25, -0.2) is 0 Å². The summed E-state index contributed by atoms with van der Waals surface area (Å²) in [6, 6.07) is 19.6. The second-order valence-electron chi connectivity index (χ2n) is 6.81. The number of halogens is 2. The Balaban J connectivity index is 1.54. The first-order chi connectivity index (χ1) is 15.5. The van der Waals surface area contributed by atoms with Gasteiger partial charge in [-0.15, -0.1) is 0 Å². The number of carbonyl (C=O) groups is 2. The van der Waals surface area contributed by atoms with Crippen LogP contribution in [-0.4, -0.2) is 32.1 Å². The molecule has 0 saturated heterocycles. The highest BCUT2D eigenvalue weighted by molar-refractivity contribution is 9.10. The van der Waals surface area contributed by atoms with Gasteiger partial charge in [-0.1, -0.05) is 51.8 Å². The molecule has 0 fully saturated rings. The fourth-order valence-electron chi connectivity index (χ4n) is 2.92. The summed E-state index contributed by atoms with van der Waals surface area (Å²) in [5.41, 5.74) is 1.86. The minimum Gasteiger partial charge on any atom is -0.497 e. The monoisotopic (exact) mass is 516 g/mol. The van der Waals surface area contributed by atoms with E-state index < -0.39 is 5.91 Å². The second-order valence-corrected chi connectivity index (χ2v) is 8.13. The van der Waals surface area contributed by atoms with Gasteiger partial charge in [-0.05, 0) is 54.4 Å². The third-order valence-corrected chi connectivity index (χ3v) is 5.35. The second kappa shape index (κ2) is 11.5. The predicted molar refractivity (Wildman–Crippen MR) is 129 cm³/mol. The number of amides is 2. The molecule has 0 bridgehead atoms. The predicted octanol–water partition coefficient (Wildman–Crippen LogP) is 5.10. The van der Waals surface area contributed by atoms with E-state index in [1.807, 2.05) is 24.3 Å². The zero-order valence-corrected chi connectivity index (χ0v) is 19.7. The Morgan fingerprint density at radius 1 is 1.03 bits per heavy atom. The van der Waals surface area contributed by atoms with Crippen LogP contribution in [0.2, 0.25) is 5.02 Å². The summed E-state index contributed by atoms with van der Waals surface area (Å²) in [4.78, 5) is 25.0. The number of benzene rings is 3. The summed E-state index contributed by atoms with van der Waals surface area (Å²) >= 11 is 9.42. The smallest absolute Gasteiger partial charge is 0.262 e. The maximum absolute atomic E-state index is 12.7. The molecule has 0 heterocycles. The van der Waals surface area contributed by atoms with Gasteiger partial charge in [0.05, 0.1) is 23.4 Å². The van der Waals surface area contributed by atoms with E-state index in [1.165, 1.54) is 0 Å². The Bertz CT molecular complexity index is 1090. The number of nitrogens with one attached hydrogen (secondary N) is 2. The number of anilines is 1. The standard InChI is InChI=1S/C24H22BrClN2O4/c1-31-18-9-6-16(7-10-18)12-13-27-24(30)19-4-2-3-5-21(19)28-23(29)15-32-22-11-8-17(25)14-20(22)26/h2-11,14H,12-13,15H2,1H3,(H,27,30)(H,28,29). The molecule has 2 N–H and O–H groups in total. The van der Waals surface area contributed by atoms with Crippen molar-refractivity contribution in [3.8, 4) is 11.5 Å². The first-order valence-electron chi connectivity index (χ1n) is 9.84. The topological polar surface area (TPSA) is 76.7 Å². The van der Waals surface area contributed by atoms with Crippen LogP contribution in [0.25, 0.3) is 0 Å². The van der Waals surface area contributed by atoms with Crippen LogP contribution in [0.15, 0.2) is 71.2 Å². The van der Waals surface area contributed by atoms with E-state index in [9.17, 15) is 9.59 Å². The van der Waals surface area contributed by atoms with E-state index in [0.29, 0.717) is 35.0 Å². The summed E-state index contributed by atoms with van der Waals surface area (Å²) in [6.07, 6.45) is 0.673. The Kier molecular flexibility index (Phi) is 8.53. The molecule has 2 amide bonds. The van der Waals surface area contributed by atoms with E-state index in [0.717, 1.165) is 15.8 Å². The molecule has 0 atom stereocenters. The maximum Gasteiger partial charge on any atom is 0.262 e. The van der Waals surface area contributed by atoms with Crippen molar-refractivity contribution in [2.45, 2.75) is 6.42 Å². The molecule has 3 aromatic rings. The number of ether oxygens (including phenoxy) is 2. The normalized spacial score (nSPS) is 10.3. The number of hydrogen-bond donors (Lipinski definition) is 2. The highest BCUT2D eigenvalue weighted by Gasteiger charge is 2.14. The van der Waals surface area contributed by atoms with Crippen LogP contribution in [0, 0.1) is 0 Å². The Morgan fingerprint density at radius 3 is 2.50 bits per heavy atom. The van der Waals surface area contributed by atoms with Gasteiger partial charge >= 0.3 is 0 Å². The van der Waals surface area contributed by atoms with Gasteiger partial charge in [0.1, 0.15) is 11.5 Å². The molecule has 0 spiro atoms. The van der Waals surface area contributed by atoms with Gasteiger partial charge < -0.3 is 20.1 Å². The van der Waals surface area contributed by atoms with Crippen molar-refractivity contribution in [1.82, 2.24) is 5.32 Å². The molecular weight excluding hydrogens is 496 g/mol. The lowest BCUT2D eigenvalue weighted by molar-refractivity contribution is -0.118. The molecule has 0 radical (unpaired) electrons. The van der Waals surface area contributed by atoms with Crippen molar-refractivity contribution < 1.29 is 19.1 Å². The highest BCUT2D eigenvalue weighted by Crippen LogP contribution is 2.27. The number of hydrogen-bond acceptors (Lipinski definition) is 4. The number of rotatable bonds is 9. The van der Waals surface area contributed by atoms with Crippen LogP contribution in [0.3, 0.4) is 0 Å². The molecule has 0 aromatic heterocycles. The Hall–Kier alpha value is -3.03. The quantitative estimate of drug-likeness (QED) is 0.414. The molecule has 0 aliphatic heterocycles. The summed E-state index contributed by atoms with van der Waals surface area (Å²) in [5.74, 6) is 0.511.